The van der Waals surface area contributed by atoms with Gasteiger partial charge in [-0.05, 0) is 18.9 Å². The fraction of sp³-hybridized carbons (Fsp3) is 0.625. The lowest BCUT2D eigenvalue weighted by Crippen LogP contribution is -2.37. The summed E-state index contributed by atoms with van der Waals surface area (Å²) in [5, 5.41) is 2.93. The molecule has 1 aromatic rings. The molecule has 23 heavy (non-hydrogen) atoms. The minimum absolute atomic E-state index is 0.0176. The third-order valence-corrected chi connectivity index (χ3v) is 4.35. The minimum atomic E-state index is -0.0479. The Morgan fingerprint density at radius 2 is 2.04 bits per heavy atom. The molecule has 0 atom stereocenters. The second kappa shape index (κ2) is 7.50. The molecule has 0 unspecified atom stereocenters. The molecule has 1 aliphatic heterocycles. The van der Waals surface area contributed by atoms with Crippen molar-refractivity contribution >= 4 is 17.6 Å². The van der Waals surface area contributed by atoms with Crippen molar-refractivity contribution in [2.75, 3.05) is 31.2 Å². The summed E-state index contributed by atoms with van der Waals surface area (Å²) in [7, 11) is 0. The molecule has 1 N–H and O–H groups in total. The molecule has 1 saturated heterocycles. The number of morpholine rings is 1. The lowest BCUT2D eigenvalue weighted by atomic mass is 9.88. The Morgan fingerprint density at radius 3 is 2.78 bits per heavy atom. The van der Waals surface area contributed by atoms with Gasteiger partial charge in [-0.15, -0.1) is 0 Å². The molecule has 1 aromatic heterocycles. The number of nitrogens with zero attached hydrogens (tertiary/aromatic N) is 3. The molecule has 1 saturated carbocycles. The summed E-state index contributed by atoms with van der Waals surface area (Å²) in [5.74, 6) is 0.917. The zero-order valence-electron chi connectivity index (χ0n) is 13.2. The van der Waals surface area contributed by atoms with Crippen LogP contribution in [0.3, 0.4) is 0 Å². The van der Waals surface area contributed by atoms with Crippen molar-refractivity contribution in [3.05, 3.63) is 18.0 Å². The smallest absolute Gasteiger partial charge is 0.225 e. The van der Waals surface area contributed by atoms with Crippen molar-refractivity contribution in [3.8, 4) is 0 Å². The van der Waals surface area contributed by atoms with Crippen molar-refractivity contribution in [3.63, 3.8) is 0 Å². The highest BCUT2D eigenvalue weighted by Crippen LogP contribution is 2.21. The molecule has 1 amide bonds. The van der Waals surface area contributed by atoms with Gasteiger partial charge in [-0.3, -0.25) is 9.59 Å². The van der Waals surface area contributed by atoms with Gasteiger partial charge >= 0.3 is 0 Å². The number of carbonyl (C=O) groups excluding carboxylic acids is 2. The van der Waals surface area contributed by atoms with E-state index in [1.54, 1.807) is 6.20 Å². The number of rotatable bonds is 4. The highest BCUT2D eigenvalue weighted by molar-refractivity contribution is 5.84. The molecule has 2 aliphatic rings. The van der Waals surface area contributed by atoms with Gasteiger partial charge in [0.2, 0.25) is 11.9 Å². The predicted molar refractivity (Wildman–Crippen MR) is 83.9 cm³/mol. The summed E-state index contributed by atoms with van der Waals surface area (Å²) >= 11 is 0. The lowest BCUT2D eigenvalue weighted by Gasteiger charge is -2.26. The first kappa shape index (κ1) is 15.9. The van der Waals surface area contributed by atoms with Gasteiger partial charge in [-0.25, -0.2) is 9.97 Å². The van der Waals surface area contributed by atoms with Gasteiger partial charge < -0.3 is 15.0 Å². The topological polar surface area (TPSA) is 84.4 Å². The van der Waals surface area contributed by atoms with E-state index in [2.05, 4.69) is 20.2 Å². The summed E-state index contributed by atoms with van der Waals surface area (Å²) in [4.78, 5) is 34.3. The zero-order valence-corrected chi connectivity index (χ0v) is 13.2. The van der Waals surface area contributed by atoms with Crippen molar-refractivity contribution < 1.29 is 14.3 Å². The minimum Gasteiger partial charge on any atom is -0.378 e. The van der Waals surface area contributed by atoms with E-state index in [1.807, 2.05) is 6.07 Å². The van der Waals surface area contributed by atoms with Gasteiger partial charge in [0.1, 0.15) is 5.78 Å². The van der Waals surface area contributed by atoms with Crippen LogP contribution in [0.1, 0.15) is 31.4 Å². The van der Waals surface area contributed by atoms with E-state index in [0.717, 1.165) is 18.8 Å². The van der Waals surface area contributed by atoms with Gasteiger partial charge in [0, 0.05) is 38.0 Å². The third-order valence-electron chi connectivity index (χ3n) is 4.35. The number of hydrogen-bond acceptors (Lipinski definition) is 6. The Morgan fingerprint density at radius 1 is 1.30 bits per heavy atom. The fourth-order valence-corrected chi connectivity index (χ4v) is 2.92. The molecule has 124 valence electrons. The number of nitrogens with one attached hydrogen (secondary N) is 1. The van der Waals surface area contributed by atoms with Crippen LogP contribution in [0.5, 0.6) is 0 Å². The maximum atomic E-state index is 12.2. The van der Waals surface area contributed by atoms with Crippen LogP contribution in [0.2, 0.25) is 0 Å². The second-order valence-electron chi connectivity index (χ2n) is 5.98. The fourth-order valence-electron chi connectivity index (χ4n) is 2.92. The normalized spacial score (nSPS) is 19.7. The Hall–Kier alpha value is -2.02. The number of ether oxygens (including phenoxy) is 1. The largest absolute Gasteiger partial charge is 0.378 e. The van der Waals surface area contributed by atoms with Crippen LogP contribution in [-0.4, -0.2) is 48.0 Å². The molecular weight excluding hydrogens is 296 g/mol. The van der Waals surface area contributed by atoms with E-state index in [1.165, 1.54) is 0 Å². The molecule has 3 rings (SSSR count). The molecule has 0 spiro atoms. The third kappa shape index (κ3) is 4.25. The van der Waals surface area contributed by atoms with E-state index in [4.69, 9.17) is 4.74 Å². The Balaban J connectivity index is 1.53. The van der Waals surface area contributed by atoms with E-state index in [9.17, 15) is 9.59 Å². The van der Waals surface area contributed by atoms with E-state index in [-0.39, 0.29) is 17.6 Å². The number of anilines is 1. The van der Waals surface area contributed by atoms with Gasteiger partial charge in [0.25, 0.3) is 0 Å². The van der Waals surface area contributed by atoms with Crippen molar-refractivity contribution in [1.29, 1.82) is 0 Å². The summed E-state index contributed by atoms with van der Waals surface area (Å²) < 4.78 is 5.33. The van der Waals surface area contributed by atoms with Crippen LogP contribution in [0.25, 0.3) is 0 Å². The summed E-state index contributed by atoms with van der Waals surface area (Å²) in [6.45, 7) is 3.33. The summed E-state index contributed by atoms with van der Waals surface area (Å²) in [5.41, 5.74) is 0.793. The van der Waals surface area contributed by atoms with E-state index < -0.39 is 0 Å². The SMILES string of the molecule is O=C1CCC(C(=O)NCc2ccnc(N3CCOCC3)n2)CC1. The predicted octanol–water partition coefficient (Wildman–Crippen LogP) is 0.689. The standard InChI is InChI=1S/C16H22N4O3/c21-14-3-1-12(2-4-14)15(22)18-11-13-5-6-17-16(19-13)20-7-9-23-10-8-20/h5-6,12H,1-4,7-11H2,(H,18,22). The maximum Gasteiger partial charge on any atom is 0.225 e. The highest BCUT2D eigenvalue weighted by Gasteiger charge is 2.24. The van der Waals surface area contributed by atoms with Gasteiger partial charge in [0.05, 0.1) is 25.5 Å². The number of ketones is 1. The molecule has 0 radical (unpaired) electrons. The summed E-state index contributed by atoms with van der Waals surface area (Å²) in [6, 6.07) is 1.81. The molecule has 1 aliphatic carbocycles. The van der Waals surface area contributed by atoms with Crippen LogP contribution >= 0.6 is 0 Å². The molecular formula is C16H22N4O3. The number of carbonyl (C=O) groups is 2. The van der Waals surface area contributed by atoms with Crippen LogP contribution in [0, 0.1) is 5.92 Å². The monoisotopic (exact) mass is 318 g/mol. The first-order valence-electron chi connectivity index (χ1n) is 8.16. The molecule has 0 bridgehead atoms. The molecule has 2 fully saturated rings. The van der Waals surface area contributed by atoms with E-state index >= 15 is 0 Å². The highest BCUT2D eigenvalue weighted by atomic mass is 16.5. The number of aromatic nitrogens is 2. The quantitative estimate of drug-likeness (QED) is 0.879. The molecule has 2 heterocycles. The van der Waals surface area contributed by atoms with Crippen LogP contribution in [0.4, 0.5) is 5.95 Å². The average molecular weight is 318 g/mol. The second-order valence-corrected chi connectivity index (χ2v) is 5.98. The van der Waals surface area contributed by atoms with Crippen LogP contribution < -0.4 is 10.2 Å². The average Bonchev–Trinajstić information content (AvgIpc) is 2.61. The number of Topliss-reactive ketones (excluding diaryl/α,β-unsaturated/α-hetero) is 1. The number of hydrogen-bond donors (Lipinski definition) is 1. The molecule has 7 heteroatoms. The first-order valence-corrected chi connectivity index (χ1v) is 8.16. The molecule has 0 aromatic carbocycles. The first-order chi connectivity index (χ1) is 11.2. The van der Waals surface area contributed by atoms with E-state index in [0.29, 0.717) is 51.4 Å². The Bertz CT molecular complexity index is 562. The van der Waals surface area contributed by atoms with Gasteiger partial charge in [0.15, 0.2) is 0 Å². The zero-order chi connectivity index (χ0) is 16.1. The lowest BCUT2D eigenvalue weighted by molar-refractivity contribution is -0.128. The van der Waals surface area contributed by atoms with Crippen molar-refractivity contribution in [2.45, 2.75) is 32.2 Å². The van der Waals surface area contributed by atoms with Crippen LogP contribution in [0.15, 0.2) is 12.3 Å². The van der Waals surface area contributed by atoms with Crippen LogP contribution in [-0.2, 0) is 20.9 Å². The Labute approximate surface area is 135 Å². The molecule has 7 nitrogen and oxygen atoms in total. The van der Waals surface area contributed by atoms with Gasteiger partial charge in [-0.2, -0.15) is 0 Å². The maximum absolute atomic E-state index is 12.2. The van der Waals surface area contributed by atoms with Crippen molar-refractivity contribution in [1.82, 2.24) is 15.3 Å². The van der Waals surface area contributed by atoms with Gasteiger partial charge in [-0.1, -0.05) is 0 Å². The number of amides is 1. The van der Waals surface area contributed by atoms with Crippen molar-refractivity contribution in [2.24, 2.45) is 5.92 Å². The summed E-state index contributed by atoms with van der Waals surface area (Å²) in [6.07, 6.45) is 4.08. The Kier molecular flexibility index (Phi) is 5.17.